The van der Waals surface area contributed by atoms with Crippen LogP contribution in [0.3, 0.4) is 0 Å². The van der Waals surface area contributed by atoms with Crippen LogP contribution in [0.15, 0.2) is 121 Å². The molecule has 0 aromatic heterocycles. The Hall–Kier alpha value is -6.36. The molecule has 0 heterocycles. The normalized spacial score (nSPS) is 11.7. The topological polar surface area (TPSA) is 36.9 Å². The van der Waals surface area contributed by atoms with Gasteiger partial charge in [-0.1, -0.05) is 124 Å². The first-order chi connectivity index (χ1) is 29.6. The number of fused-ring (bicyclic) bond motifs is 8. The minimum absolute atomic E-state index is 0.609. The minimum atomic E-state index is 0.609. The predicted octanol–water partition coefficient (Wildman–Crippen LogP) is 12.3. The van der Waals surface area contributed by atoms with Crippen molar-refractivity contribution >= 4 is 0 Å². The molecule has 0 aliphatic heterocycles. The van der Waals surface area contributed by atoms with Crippen molar-refractivity contribution in [3.05, 3.63) is 188 Å². The van der Waals surface area contributed by atoms with Crippen molar-refractivity contribution in [3.63, 3.8) is 0 Å². The molecule has 0 saturated carbocycles. The molecule has 0 radical (unpaired) electrons. The van der Waals surface area contributed by atoms with E-state index < -0.39 is 0 Å². The summed E-state index contributed by atoms with van der Waals surface area (Å²) in [6, 6.07) is 42.3. The summed E-state index contributed by atoms with van der Waals surface area (Å²) in [4.78, 5) is 0. The van der Waals surface area contributed by atoms with Crippen molar-refractivity contribution in [2.45, 2.75) is 79.1 Å². The van der Waals surface area contributed by atoms with Crippen LogP contribution < -0.4 is 18.9 Å². The van der Waals surface area contributed by atoms with E-state index in [4.69, 9.17) is 18.9 Å². The third kappa shape index (κ3) is 10.6. The van der Waals surface area contributed by atoms with Gasteiger partial charge in [0.1, 0.15) is 23.0 Å². The van der Waals surface area contributed by atoms with Crippen molar-refractivity contribution in [2.75, 3.05) is 26.4 Å². The van der Waals surface area contributed by atoms with Crippen LogP contribution in [0.25, 0.3) is 0 Å². The number of para-hydroxylation sites is 2. The molecule has 60 heavy (non-hydrogen) atoms. The first-order valence-electron chi connectivity index (χ1n) is 21.7. The van der Waals surface area contributed by atoms with Crippen molar-refractivity contribution < 1.29 is 18.9 Å². The predicted molar refractivity (Wildman–Crippen MR) is 245 cm³/mol. The SMILES string of the molecule is CCCOc1c2cccc1Cc1cc(C#Cc3ccccc3)cc(c1OCCC)Cc1cccc(c1OCCC)Cc1cc(C#Cc3ccccc3)cc(c1OCCC)C2. The largest absolute Gasteiger partial charge is 0.493 e. The fourth-order valence-electron chi connectivity index (χ4n) is 7.72. The average molecular weight is 793 g/mol. The highest BCUT2D eigenvalue weighted by molar-refractivity contribution is 5.60. The van der Waals surface area contributed by atoms with Crippen LogP contribution in [0.1, 0.15) is 120 Å². The molecule has 4 nitrogen and oxygen atoms in total. The summed E-state index contributed by atoms with van der Waals surface area (Å²) in [6.45, 7) is 11.1. The first kappa shape index (κ1) is 41.8. The molecule has 304 valence electrons. The van der Waals surface area contributed by atoms with Gasteiger partial charge in [0, 0.05) is 70.2 Å². The molecule has 6 aromatic carbocycles. The van der Waals surface area contributed by atoms with E-state index in [1.165, 1.54) is 0 Å². The number of hydrogen-bond donors (Lipinski definition) is 0. The van der Waals surface area contributed by atoms with E-state index in [0.29, 0.717) is 52.1 Å². The Bertz CT molecular complexity index is 2230. The van der Waals surface area contributed by atoms with Gasteiger partial charge in [-0.05, 0) is 96.5 Å². The van der Waals surface area contributed by atoms with Crippen molar-refractivity contribution in [3.8, 4) is 46.7 Å². The van der Waals surface area contributed by atoms with Gasteiger partial charge in [0.2, 0.25) is 0 Å². The monoisotopic (exact) mass is 792 g/mol. The maximum atomic E-state index is 6.76. The van der Waals surface area contributed by atoms with Gasteiger partial charge in [0.25, 0.3) is 0 Å². The summed E-state index contributed by atoms with van der Waals surface area (Å²) in [5.74, 6) is 17.5. The summed E-state index contributed by atoms with van der Waals surface area (Å²) in [6.07, 6.45) is 6.05. The fourth-order valence-corrected chi connectivity index (χ4v) is 7.72. The zero-order valence-electron chi connectivity index (χ0n) is 35.7. The Morgan fingerprint density at radius 2 is 0.583 bits per heavy atom. The summed E-state index contributed by atoms with van der Waals surface area (Å²) in [5, 5.41) is 0. The smallest absolute Gasteiger partial charge is 0.126 e. The second-order valence-electron chi connectivity index (χ2n) is 15.4. The Morgan fingerprint density at radius 1 is 0.317 bits per heavy atom. The maximum absolute atomic E-state index is 6.76. The minimum Gasteiger partial charge on any atom is -0.493 e. The first-order valence-corrected chi connectivity index (χ1v) is 21.7. The van der Waals surface area contributed by atoms with Gasteiger partial charge >= 0.3 is 0 Å². The molecule has 0 saturated heterocycles. The van der Waals surface area contributed by atoms with Crippen LogP contribution in [-0.4, -0.2) is 26.4 Å². The molecule has 1 aliphatic rings. The van der Waals surface area contributed by atoms with Crippen LogP contribution in [0.2, 0.25) is 0 Å². The van der Waals surface area contributed by atoms with E-state index in [0.717, 1.165) is 115 Å². The van der Waals surface area contributed by atoms with Gasteiger partial charge in [-0.3, -0.25) is 0 Å². The highest BCUT2D eigenvalue weighted by Gasteiger charge is 2.23. The van der Waals surface area contributed by atoms with E-state index in [1.807, 2.05) is 36.4 Å². The number of rotatable bonds is 12. The zero-order valence-corrected chi connectivity index (χ0v) is 35.7. The van der Waals surface area contributed by atoms with Gasteiger partial charge in [0.05, 0.1) is 26.4 Å². The lowest BCUT2D eigenvalue weighted by Crippen LogP contribution is -2.10. The molecule has 0 N–H and O–H groups in total. The van der Waals surface area contributed by atoms with Crippen molar-refractivity contribution in [1.29, 1.82) is 0 Å². The van der Waals surface area contributed by atoms with Gasteiger partial charge < -0.3 is 18.9 Å². The summed E-state index contributed by atoms with van der Waals surface area (Å²) in [5.41, 5.74) is 12.6. The van der Waals surface area contributed by atoms with E-state index in [9.17, 15) is 0 Å². The summed E-state index contributed by atoms with van der Waals surface area (Å²) >= 11 is 0. The van der Waals surface area contributed by atoms with E-state index in [1.54, 1.807) is 0 Å². The molecule has 7 rings (SSSR count). The van der Waals surface area contributed by atoms with Crippen LogP contribution >= 0.6 is 0 Å². The molecule has 4 heteroatoms. The van der Waals surface area contributed by atoms with E-state index in [-0.39, 0.29) is 0 Å². The lowest BCUT2D eigenvalue weighted by molar-refractivity contribution is 0.304. The third-order valence-corrected chi connectivity index (χ3v) is 10.4. The molecule has 0 fully saturated rings. The lowest BCUT2D eigenvalue weighted by atomic mass is 9.89. The molecule has 1 aliphatic carbocycles. The van der Waals surface area contributed by atoms with Crippen LogP contribution in [0.5, 0.6) is 23.0 Å². The second-order valence-corrected chi connectivity index (χ2v) is 15.4. The van der Waals surface area contributed by atoms with Gasteiger partial charge in [0.15, 0.2) is 0 Å². The molecule has 6 aromatic rings. The van der Waals surface area contributed by atoms with E-state index in [2.05, 4.69) is 136 Å². The highest BCUT2D eigenvalue weighted by Crippen LogP contribution is 2.40. The third-order valence-electron chi connectivity index (χ3n) is 10.4. The Kier molecular flexibility index (Phi) is 14.7. The number of hydrogen-bond acceptors (Lipinski definition) is 4. The highest BCUT2D eigenvalue weighted by atomic mass is 16.5. The molecule has 0 unspecified atom stereocenters. The standard InChI is InChI=1S/C56H56O4/c1-5-29-57-53-45-21-15-22-46(53)38-50-34-44(28-26-42-19-13-10-14-20-42)36-52(56(50)60-32-8-4)40-48-24-16-23-47(54(48)58-30-6-2)39-51-35-43(27-25-41-17-11-9-12-18-41)33-49(37-45)55(51)59-31-7-3/h9-24,33-36H,5-8,29-32,37-40H2,1-4H3. The Morgan fingerprint density at radius 3 is 0.867 bits per heavy atom. The molecular weight excluding hydrogens is 737 g/mol. The fraction of sp³-hybridized carbons (Fsp3) is 0.286. The van der Waals surface area contributed by atoms with Gasteiger partial charge in [-0.2, -0.15) is 0 Å². The Balaban J connectivity index is 1.49. The van der Waals surface area contributed by atoms with Crippen LogP contribution in [-0.2, 0) is 25.7 Å². The molecular formula is C56H56O4. The summed E-state index contributed by atoms with van der Waals surface area (Å²) < 4.78 is 27.0. The average Bonchev–Trinajstić information content (AvgIpc) is 3.27. The lowest BCUT2D eigenvalue weighted by Gasteiger charge is -2.23. The molecule has 0 spiro atoms. The second kappa shape index (κ2) is 21.1. The quantitative estimate of drug-likeness (QED) is 0.116. The van der Waals surface area contributed by atoms with Crippen LogP contribution in [0.4, 0.5) is 0 Å². The van der Waals surface area contributed by atoms with Crippen molar-refractivity contribution in [2.24, 2.45) is 0 Å². The maximum Gasteiger partial charge on any atom is 0.126 e. The number of benzene rings is 6. The summed E-state index contributed by atoms with van der Waals surface area (Å²) in [7, 11) is 0. The van der Waals surface area contributed by atoms with Gasteiger partial charge in [-0.25, -0.2) is 0 Å². The molecule has 0 amide bonds. The molecule has 0 atom stereocenters. The van der Waals surface area contributed by atoms with E-state index >= 15 is 0 Å². The molecule has 8 bridgehead atoms. The van der Waals surface area contributed by atoms with Crippen LogP contribution in [0, 0.1) is 23.7 Å². The zero-order chi connectivity index (χ0) is 41.5. The number of ether oxygens (including phenoxy) is 4. The Labute approximate surface area is 357 Å². The van der Waals surface area contributed by atoms with Gasteiger partial charge in [-0.15, -0.1) is 0 Å². The van der Waals surface area contributed by atoms with Crippen molar-refractivity contribution in [1.82, 2.24) is 0 Å².